The molecule has 0 aromatic heterocycles. The van der Waals surface area contributed by atoms with Gasteiger partial charge in [-0.25, -0.2) is 0 Å². The smallest absolute Gasteiger partial charge is 0.280 e. The van der Waals surface area contributed by atoms with Crippen molar-refractivity contribution in [1.82, 2.24) is 0 Å². The minimum atomic E-state index is -0.524. The standard InChI is InChI=1S/C14H20N2O3/c1-10(17)12-8-11(6-7-13(12)16(18)19)15(5)9-14(2,3)4/h6-8H,9H2,1-5H3. The maximum atomic E-state index is 11.5. The van der Waals surface area contributed by atoms with Crippen molar-refractivity contribution in [2.24, 2.45) is 5.41 Å². The third-order valence-corrected chi connectivity index (χ3v) is 2.71. The number of hydrogen-bond acceptors (Lipinski definition) is 4. The second-order valence-electron chi connectivity index (χ2n) is 5.93. The zero-order chi connectivity index (χ0) is 14.8. The van der Waals surface area contributed by atoms with Crippen LogP contribution in [0.5, 0.6) is 0 Å². The number of Topliss-reactive ketones (excluding diaryl/α,β-unsaturated/α-hetero) is 1. The van der Waals surface area contributed by atoms with Crippen LogP contribution in [0.2, 0.25) is 0 Å². The molecule has 1 aromatic carbocycles. The fourth-order valence-corrected chi connectivity index (χ4v) is 2.01. The number of ketones is 1. The average Bonchev–Trinajstić information content (AvgIpc) is 2.25. The van der Waals surface area contributed by atoms with E-state index in [1.807, 2.05) is 11.9 Å². The Labute approximate surface area is 113 Å². The predicted octanol–water partition coefficient (Wildman–Crippen LogP) is 3.28. The molecule has 1 aromatic rings. The first-order valence-corrected chi connectivity index (χ1v) is 6.12. The van der Waals surface area contributed by atoms with E-state index in [-0.39, 0.29) is 22.4 Å². The van der Waals surface area contributed by atoms with Crippen molar-refractivity contribution >= 4 is 17.2 Å². The van der Waals surface area contributed by atoms with Gasteiger partial charge >= 0.3 is 0 Å². The van der Waals surface area contributed by atoms with Crippen LogP contribution in [0.3, 0.4) is 0 Å². The molecule has 0 aliphatic heterocycles. The summed E-state index contributed by atoms with van der Waals surface area (Å²) in [5, 5.41) is 10.9. The van der Waals surface area contributed by atoms with Gasteiger partial charge in [0.1, 0.15) is 0 Å². The summed E-state index contributed by atoms with van der Waals surface area (Å²) in [7, 11) is 1.91. The first-order valence-electron chi connectivity index (χ1n) is 6.12. The zero-order valence-corrected chi connectivity index (χ0v) is 12.1. The molecule has 0 aliphatic rings. The Kier molecular flexibility index (Phi) is 4.29. The van der Waals surface area contributed by atoms with Crippen LogP contribution in [-0.2, 0) is 0 Å². The highest BCUT2D eigenvalue weighted by Crippen LogP contribution is 2.26. The normalized spacial score (nSPS) is 11.2. The van der Waals surface area contributed by atoms with Gasteiger partial charge in [-0.1, -0.05) is 20.8 Å². The molecular formula is C14H20N2O3. The maximum Gasteiger partial charge on any atom is 0.280 e. The minimum Gasteiger partial charge on any atom is -0.374 e. The molecule has 0 saturated carbocycles. The van der Waals surface area contributed by atoms with E-state index in [1.54, 1.807) is 12.1 Å². The van der Waals surface area contributed by atoms with E-state index < -0.39 is 4.92 Å². The van der Waals surface area contributed by atoms with Gasteiger partial charge in [0.15, 0.2) is 5.78 Å². The summed E-state index contributed by atoms with van der Waals surface area (Å²) in [5.41, 5.74) is 0.932. The Morgan fingerprint density at radius 3 is 2.37 bits per heavy atom. The van der Waals surface area contributed by atoms with Gasteiger partial charge in [0.2, 0.25) is 0 Å². The van der Waals surface area contributed by atoms with Gasteiger partial charge in [0.05, 0.1) is 10.5 Å². The molecule has 0 radical (unpaired) electrons. The Bertz CT molecular complexity index is 504. The number of anilines is 1. The van der Waals surface area contributed by atoms with Crippen LogP contribution in [0.25, 0.3) is 0 Å². The summed E-state index contributed by atoms with van der Waals surface area (Å²) in [6.45, 7) is 8.47. The number of nitro benzene ring substituents is 1. The minimum absolute atomic E-state index is 0.104. The predicted molar refractivity (Wildman–Crippen MR) is 75.8 cm³/mol. The lowest BCUT2D eigenvalue weighted by Gasteiger charge is -2.28. The molecule has 5 nitrogen and oxygen atoms in total. The Morgan fingerprint density at radius 1 is 1.37 bits per heavy atom. The van der Waals surface area contributed by atoms with Crippen molar-refractivity contribution in [2.75, 3.05) is 18.5 Å². The molecule has 0 atom stereocenters. The Balaban J connectivity index is 3.15. The number of rotatable bonds is 4. The third kappa shape index (κ3) is 4.05. The van der Waals surface area contributed by atoms with Crippen molar-refractivity contribution < 1.29 is 9.72 Å². The molecule has 19 heavy (non-hydrogen) atoms. The number of carbonyl (C=O) groups excluding carboxylic acids is 1. The van der Waals surface area contributed by atoms with Gasteiger partial charge in [-0.3, -0.25) is 14.9 Å². The summed E-state index contributed by atoms with van der Waals surface area (Å²) in [6.07, 6.45) is 0. The summed E-state index contributed by atoms with van der Waals surface area (Å²) >= 11 is 0. The van der Waals surface area contributed by atoms with Gasteiger partial charge in [-0.05, 0) is 24.5 Å². The molecule has 0 fully saturated rings. The van der Waals surface area contributed by atoms with Gasteiger partial charge in [0.25, 0.3) is 5.69 Å². The van der Waals surface area contributed by atoms with Crippen LogP contribution >= 0.6 is 0 Å². The first-order chi connectivity index (χ1) is 8.61. The van der Waals surface area contributed by atoms with Crippen molar-refractivity contribution in [3.63, 3.8) is 0 Å². The number of benzene rings is 1. The number of hydrogen-bond donors (Lipinski definition) is 0. The second kappa shape index (κ2) is 5.38. The van der Waals surface area contributed by atoms with Crippen LogP contribution in [0.4, 0.5) is 11.4 Å². The highest BCUT2D eigenvalue weighted by Gasteiger charge is 2.20. The number of nitrogens with zero attached hydrogens (tertiary/aromatic N) is 2. The summed E-state index contributed by atoms with van der Waals surface area (Å²) in [6, 6.07) is 4.66. The highest BCUT2D eigenvalue weighted by molar-refractivity contribution is 5.99. The molecule has 0 aliphatic carbocycles. The topological polar surface area (TPSA) is 63.5 Å². The van der Waals surface area contributed by atoms with Crippen LogP contribution in [0.1, 0.15) is 38.1 Å². The van der Waals surface area contributed by atoms with Gasteiger partial charge in [-0.15, -0.1) is 0 Å². The number of nitro groups is 1. The van der Waals surface area contributed by atoms with E-state index in [2.05, 4.69) is 20.8 Å². The molecule has 0 unspecified atom stereocenters. The van der Waals surface area contributed by atoms with E-state index in [4.69, 9.17) is 0 Å². The molecule has 0 heterocycles. The van der Waals surface area contributed by atoms with Crippen LogP contribution in [0, 0.1) is 15.5 Å². The van der Waals surface area contributed by atoms with Gasteiger partial charge < -0.3 is 4.90 Å². The van der Waals surface area contributed by atoms with E-state index >= 15 is 0 Å². The van der Waals surface area contributed by atoms with Crippen molar-refractivity contribution in [3.05, 3.63) is 33.9 Å². The lowest BCUT2D eigenvalue weighted by Crippen LogP contribution is -2.29. The first kappa shape index (κ1) is 15.1. The number of carbonyl (C=O) groups is 1. The maximum absolute atomic E-state index is 11.5. The molecular weight excluding hydrogens is 244 g/mol. The zero-order valence-electron chi connectivity index (χ0n) is 12.1. The molecule has 0 saturated heterocycles. The summed E-state index contributed by atoms with van der Waals surface area (Å²) < 4.78 is 0. The van der Waals surface area contributed by atoms with Crippen LogP contribution < -0.4 is 4.90 Å². The van der Waals surface area contributed by atoms with Gasteiger partial charge in [-0.2, -0.15) is 0 Å². The molecule has 104 valence electrons. The van der Waals surface area contributed by atoms with Crippen molar-refractivity contribution in [2.45, 2.75) is 27.7 Å². The molecule has 5 heteroatoms. The van der Waals surface area contributed by atoms with E-state index in [0.29, 0.717) is 0 Å². The quantitative estimate of drug-likeness (QED) is 0.475. The van der Waals surface area contributed by atoms with Crippen LogP contribution in [0.15, 0.2) is 18.2 Å². The lowest BCUT2D eigenvalue weighted by atomic mass is 9.96. The fraction of sp³-hybridized carbons (Fsp3) is 0.500. The van der Waals surface area contributed by atoms with Gasteiger partial charge in [0, 0.05) is 25.3 Å². The summed E-state index contributed by atoms with van der Waals surface area (Å²) in [5.74, 6) is -0.294. The lowest BCUT2D eigenvalue weighted by molar-refractivity contribution is -0.385. The molecule has 0 N–H and O–H groups in total. The molecule has 0 spiro atoms. The van der Waals surface area contributed by atoms with Crippen molar-refractivity contribution in [1.29, 1.82) is 0 Å². The largest absolute Gasteiger partial charge is 0.374 e. The second-order valence-corrected chi connectivity index (χ2v) is 5.93. The van der Waals surface area contributed by atoms with Crippen LogP contribution in [-0.4, -0.2) is 24.3 Å². The average molecular weight is 264 g/mol. The van der Waals surface area contributed by atoms with Crippen molar-refractivity contribution in [3.8, 4) is 0 Å². The Morgan fingerprint density at radius 2 is 1.95 bits per heavy atom. The third-order valence-electron chi connectivity index (χ3n) is 2.71. The summed E-state index contributed by atoms with van der Waals surface area (Å²) in [4.78, 5) is 23.9. The van der Waals surface area contributed by atoms with E-state index in [0.717, 1.165) is 12.2 Å². The SMILES string of the molecule is CC(=O)c1cc(N(C)CC(C)(C)C)ccc1[N+](=O)[O-]. The fourth-order valence-electron chi connectivity index (χ4n) is 2.01. The monoisotopic (exact) mass is 264 g/mol. The van der Waals surface area contributed by atoms with E-state index in [1.165, 1.54) is 13.0 Å². The molecule has 1 rings (SSSR count). The van der Waals surface area contributed by atoms with E-state index in [9.17, 15) is 14.9 Å². The highest BCUT2D eigenvalue weighted by atomic mass is 16.6. The molecule has 0 amide bonds. The molecule has 0 bridgehead atoms. The Hall–Kier alpha value is -1.91.